The molecule has 6 heteroatoms. The maximum Gasteiger partial charge on any atom is 0.270 e. The van der Waals surface area contributed by atoms with Gasteiger partial charge in [-0.05, 0) is 45.8 Å². The minimum Gasteiger partial charge on any atom is -0.357 e. The maximum absolute atomic E-state index is 12.9. The Kier molecular flexibility index (Phi) is 3.96. The molecule has 0 aromatic carbocycles. The highest BCUT2D eigenvalue weighted by molar-refractivity contribution is 7.09. The molecule has 4 heterocycles. The number of aromatic amines is 1. The van der Waals surface area contributed by atoms with Crippen LogP contribution in [0.1, 0.15) is 34.8 Å². The van der Waals surface area contributed by atoms with E-state index in [4.69, 9.17) is 0 Å². The van der Waals surface area contributed by atoms with E-state index in [1.54, 1.807) is 11.3 Å². The number of carbonyl (C=O) groups is 1. The number of H-pyrrole nitrogens is 1. The van der Waals surface area contributed by atoms with E-state index in [1.807, 2.05) is 29.5 Å². The van der Waals surface area contributed by atoms with E-state index in [0.29, 0.717) is 11.1 Å². The van der Waals surface area contributed by atoms with Crippen molar-refractivity contribution in [1.82, 2.24) is 19.8 Å². The molecule has 2 aliphatic heterocycles. The number of nitrogens with zero attached hydrogens (tertiary/aromatic N) is 3. The molecule has 0 aliphatic carbocycles. The summed E-state index contributed by atoms with van der Waals surface area (Å²) in [4.78, 5) is 25.0. The van der Waals surface area contributed by atoms with E-state index in [0.717, 1.165) is 48.9 Å². The highest BCUT2D eigenvalue weighted by Crippen LogP contribution is 2.38. The van der Waals surface area contributed by atoms with Crippen LogP contribution in [-0.4, -0.2) is 58.9 Å². The van der Waals surface area contributed by atoms with Crippen LogP contribution in [0.4, 0.5) is 0 Å². The molecule has 0 saturated carbocycles. The van der Waals surface area contributed by atoms with Gasteiger partial charge in [-0.25, -0.2) is 4.98 Å². The first kappa shape index (κ1) is 15.8. The van der Waals surface area contributed by atoms with E-state index in [-0.39, 0.29) is 5.91 Å². The van der Waals surface area contributed by atoms with Crippen LogP contribution >= 0.6 is 11.3 Å². The third kappa shape index (κ3) is 2.89. The minimum absolute atomic E-state index is 0.127. The molecule has 5 nitrogen and oxygen atoms in total. The minimum atomic E-state index is 0.127. The lowest BCUT2D eigenvalue weighted by molar-refractivity contribution is 0.0530. The normalized spacial score (nSPS) is 24.8. The summed E-state index contributed by atoms with van der Waals surface area (Å²) in [5.74, 6) is 0.127. The third-order valence-electron chi connectivity index (χ3n) is 5.41. The fraction of sp³-hybridized carbons (Fsp3) is 0.556. The molecular formula is C18H24N4OS. The summed E-state index contributed by atoms with van der Waals surface area (Å²) in [5, 5.41) is 3.08. The molecule has 1 unspecified atom stereocenters. The summed E-state index contributed by atoms with van der Waals surface area (Å²) in [6.45, 7) is 6.02. The number of aryl methyl sites for hydroxylation is 1. The molecule has 4 rings (SSSR count). The van der Waals surface area contributed by atoms with Gasteiger partial charge in [-0.15, -0.1) is 11.3 Å². The number of nitrogens with one attached hydrogen (secondary N) is 1. The van der Waals surface area contributed by atoms with E-state index in [9.17, 15) is 4.79 Å². The predicted octanol–water partition coefficient (Wildman–Crippen LogP) is 3.00. The van der Waals surface area contributed by atoms with Crippen molar-refractivity contribution < 1.29 is 4.79 Å². The van der Waals surface area contributed by atoms with Crippen LogP contribution in [-0.2, 0) is 0 Å². The Morgan fingerprint density at radius 2 is 2.21 bits per heavy atom. The van der Waals surface area contributed by atoms with Crippen molar-refractivity contribution in [3.05, 3.63) is 28.3 Å². The Morgan fingerprint density at radius 1 is 1.33 bits per heavy atom. The van der Waals surface area contributed by atoms with Crippen molar-refractivity contribution in [3.8, 4) is 11.3 Å². The number of hydrogen-bond donors (Lipinski definition) is 1. The third-order valence-corrected chi connectivity index (χ3v) is 6.18. The second-order valence-corrected chi connectivity index (χ2v) is 8.43. The van der Waals surface area contributed by atoms with E-state index in [1.165, 1.54) is 12.8 Å². The largest absolute Gasteiger partial charge is 0.357 e. The lowest BCUT2D eigenvalue weighted by Gasteiger charge is -2.40. The lowest BCUT2D eigenvalue weighted by Crippen LogP contribution is -2.47. The van der Waals surface area contributed by atoms with E-state index >= 15 is 0 Å². The molecule has 0 radical (unpaired) electrons. The predicted molar refractivity (Wildman–Crippen MR) is 96.3 cm³/mol. The summed E-state index contributed by atoms with van der Waals surface area (Å²) < 4.78 is 0. The van der Waals surface area contributed by atoms with Gasteiger partial charge in [-0.2, -0.15) is 0 Å². The topological polar surface area (TPSA) is 52.2 Å². The fourth-order valence-corrected chi connectivity index (χ4v) is 4.83. The second kappa shape index (κ2) is 6.01. The van der Waals surface area contributed by atoms with Crippen LogP contribution in [0.25, 0.3) is 11.3 Å². The first-order valence-corrected chi connectivity index (χ1v) is 9.51. The standard InChI is InChI=1S/C18H24N4OS/c1-13-20-16(10-24-13)14-8-15(19-9-14)17(23)22-6-3-4-18(12-22)5-7-21(2)11-18/h8-10,19H,3-7,11-12H2,1-2H3. The second-order valence-electron chi connectivity index (χ2n) is 7.37. The van der Waals surface area contributed by atoms with Gasteiger partial charge in [0.1, 0.15) is 5.69 Å². The number of amides is 1. The summed E-state index contributed by atoms with van der Waals surface area (Å²) in [5.41, 5.74) is 2.93. The monoisotopic (exact) mass is 344 g/mol. The molecule has 2 aromatic rings. The van der Waals surface area contributed by atoms with E-state index < -0.39 is 0 Å². The molecule has 2 aliphatic rings. The molecule has 0 bridgehead atoms. The Morgan fingerprint density at radius 3 is 2.92 bits per heavy atom. The van der Waals surface area contributed by atoms with Gasteiger partial charge in [-0.1, -0.05) is 0 Å². The van der Waals surface area contributed by atoms with Gasteiger partial charge in [0.2, 0.25) is 0 Å². The van der Waals surface area contributed by atoms with Crippen LogP contribution < -0.4 is 0 Å². The molecule has 128 valence electrons. The molecule has 24 heavy (non-hydrogen) atoms. The summed E-state index contributed by atoms with van der Waals surface area (Å²) in [7, 11) is 2.18. The smallest absolute Gasteiger partial charge is 0.270 e. The quantitative estimate of drug-likeness (QED) is 0.911. The Balaban J connectivity index is 1.50. The molecule has 2 saturated heterocycles. The van der Waals surface area contributed by atoms with Crippen molar-refractivity contribution in [2.45, 2.75) is 26.2 Å². The molecular weight excluding hydrogens is 320 g/mol. The van der Waals surface area contributed by atoms with Gasteiger partial charge in [0, 0.05) is 42.2 Å². The highest BCUT2D eigenvalue weighted by atomic mass is 32.1. The molecule has 1 N–H and O–H groups in total. The van der Waals surface area contributed by atoms with Gasteiger partial charge in [0.15, 0.2) is 0 Å². The molecule has 1 spiro atoms. The summed E-state index contributed by atoms with van der Waals surface area (Å²) in [6, 6.07) is 1.94. The van der Waals surface area contributed by atoms with E-state index in [2.05, 4.69) is 21.9 Å². The number of aromatic nitrogens is 2. The zero-order valence-corrected chi connectivity index (χ0v) is 15.2. The van der Waals surface area contributed by atoms with Gasteiger partial charge in [0.25, 0.3) is 5.91 Å². The fourth-order valence-electron chi connectivity index (χ4n) is 4.21. The molecule has 1 amide bonds. The lowest BCUT2D eigenvalue weighted by atomic mass is 9.79. The zero-order valence-electron chi connectivity index (χ0n) is 14.3. The maximum atomic E-state index is 12.9. The first-order valence-electron chi connectivity index (χ1n) is 8.63. The van der Waals surface area contributed by atoms with Crippen molar-refractivity contribution in [2.24, 2.45) is 5.41 Å². The first-order chi connectivity index (χ1) is 11.5. The van der Waals surface area contributed by atoms with Crippen LogP contribution in [0.3, 0.4) is 0 Å². The number of likely N-dealkylation sites (tertiary alicyclic amines) is 2. The number of thiazole rings is 1. The number of piperidine rings is 1. The Hall–Kier alpha value is -1.66. The average Bonchev–Trinajstić information content (AvgIpc) is 3.28. The summed E-state index contributed by atoms with van der Waals surface area (Å²) in [6.07, 6.45) is 5.46. The highest BCUT2D eigenvalue weighted by Gasteiger charge is 2.41. The van der Waals surface area contributed by atoms with Crippen molar-refractivity contribution in [1.29, 1.82) is 0 Å². The van der Waals surface area contributed by atoms with Gasteiger partial charge >= 0.3 is 0 Å². The van der Waals surface area contributed by atoms with Crippen LogP contribution in [0, 0.1) is 12.3 Å². The van der Waals surface area contributed by atoms with Gasteiger partial charge < -0.3 is 14.8 Å². The molecule has 2 fully saturated rings. The number of hydrogen-bond acceptors (Lipinski definition) is 4. The Bertz CT molecular complexity index is 748. The van der Waals surface area contributed by atoms with Crippen molar-refractivity contribution >= 4 is 17.2 Å². The number of rotatable bonds is 2. The van der Waals surface area contributed by atoms with Crippen LogP contribution in [0.5, 0.6) is 0 Å². The van der Waals surface area contributed by atoms with Crippen LogP contribution in [0.2, 0.25) is 0 Å². The molecule has 2 aromatic heterocycles. The summed E-state index contributed by atoms with van der Waals surface area (Å²) >= 11 is 1.63. The molecule has 1 atom stereocenters. The van der Waals surface area contributed by atoms with Gasteiger partial charge in [-0.3, -0.25) is 4.79 Å². The SMILES string of the molecule is Cc1nc(-c2c[nH]c(C(=O)N3CCCC4(CCN(C)C4)C3)c2)cs1. The van der Waals surface area contributed by atoms with Crippen molar-refractivity contribution in [3.63, 3.8) is 0 Å². The average molecular weight is 344 g/mol. The van der Waals surface area contributed by atoms with Crippen molar-refractivity contribution in [2.75, 3.05) is 33.2 Å². The van der Waals surface area contributed by atoms with Gasteiger partial charge in [0.05, 0.1) is 10.7 Å². The number of carbonyl (C=O) groups excluding carboxylic acids is 1. The van der Waals surface area contributed by atoms with Crippen LogP contribution in [0.15, 0.2) is 17.6 Å². The zero-order chi connectivity index (χ0) is 16.7. The Labute approximate surface area is 146 Å².